The molecular formula is C12H9NO. The Morgan fingerprint density at radius 1 is 1.14 bits per heavy atom. The van der Waals surface area contributed by atoms with Gasteiger partial charge in [0.1, 0.15) is 5.76 Å². The number of rotatable bonds is 0. The minimum Gasteiger partial charge on any atom is -0.462 e. The molecule has 1 aromatic rings. The normalized spacial score (nSPS) is 16.9. The van der Waals surface area contributed by atoms with Crippen LogP contribution in [0.2, 0.25) is 0 Å². The fourth-order valence-corrected chi connectivity index (χ4v) is 1.71. The van der Waals surface area contributed by atoms with Gasteiger partial charge in [0.2, 0.25) is 0 Å². The van der Waals surface area contributed by atoms with Crippen molar-refractivity contribution in [1.29, 1.82) is 0 Å². The zero-order chi connectivity index (χ0) is 9.38. The highest BCUT2D eigenvalue weighted by atomic mass is 16.5. The Hall–Kier alpha value is -1.96. The zero-order valence-corrected chi connectivity index (χ0v) is 7.53. The second kappa shape index (κ2) is 2.77. The van der Waals surface area contributed by atoms with Crippen LogP contribution >= 0.6 is 0 Å². The predicted molar refractivity (Wildman–Crippen MR) is 55.0 cm³/mol. The summed E-state index contributed by atoms with van der Waals surface area (Å²) in [5, 5.41) is 5.36. The number of fused-ring (bicyclic) bond motifs is 2. The van der Waals surface area contributed by atoms with Crippen LogP contribution in [0.1, 0.15) is 0 Å². The van der Waals surface area contributed by atoms with Crippen LogP contribution in [-0.2, 0) is 4.74 Å². The number of ether oxygens (including phenoxy) is 1. The Bertz CT molecular complexity index is 552. The summed E-state index contributed by atoms with van der Waals surface area (Å²) in [6.45, 7) is 0. The van der Waals surface area contributed by atoms with Crippen LogP contribution in [0.4, 0.5) is 0 Å². The van der Waals surface area contributed by atoms with E-state index in [-0.39, 0.29) is 0 Å². The van der Waals surface area contributed by atoms with Gasteiger partial charge in [-0.05, 0) is 11.3 Å². The molecule has 68 valence electrons. The fraction of sp³-hybridized carbons (Fsp3) is 0. The lowest BCUT2D eigenvalue weighted by Crippen LogP contribution is -2.31. The summed E-state index contributed by atoms with van der Waals surface area (Å²) in [6, 6.07) is 8.21. The highest BCUT2D eigenvalue weighted by molar-refractivity contribution is 5.73. The summed E-state index contributed by atoms with van der Waals surface area (Å²) >= 11 is 0. The van der Waals surface area contributed by atoms with E-state index in [4.69, 9.17) is 4.74 Å². The van der Waals surface area contributed by atoms with Crippen LogP contribution in [0, 0.1) is 0 Å². The van der Waals surface area contributed by atoms with E-state index >= 15 is 0 Å². The van der Waals surface area contributed by atoms with Gasteiger partial charge in [0.25, 0.3) is 0 Å². The van der Waals surface area contributed by atoms with Gasteiger partial charge in [0.15, 0.2) is 0 Å². The monoisotopic (exact) mass is 183 g/mol. The van der Waals surface area contributed by atoms with Crippen molar-refractivity contribution in [3.8, 4) is 0 Å². The molecule has 0 atom stereocenters. The first-order valence-electron chi connectivity index (χ1n) is 4.54. The van der Waals surface area contributed by atoms with Crippen molar-refractivity contribution in [2.45, 2.75) is 0 Å². The molecule has 2 aliphatic heterocycles. The molecule has 0 bridgehead atoms. The molecule has 3 rings (SSSR count). The summed E-state index contributed by atoms with van der Waals surface area (Å²) in [5.74, 6) is 0.881. The predicted octanol–water partition coefficient (Wildman–Crippen LogP) is 0.564. The molecule has 2 heterocycles. The lowest BCUT2D eigenvalue weighted by Gasteiger charge is -2.15. The Balaban J connectivity index is 2.45. The first kappa shape index (κ1) is 7.44. The molecule has 0 aromatic heterocycles. The number of hydrogen-bond acceptors (Lipinski definition) is 2. The van der Waals surface area contributed by atoms with E-state index in [9.17, 15) is 0 Å². The number of benzene rings is 1. The average molecular weight is 183 g/mol. The van der Waals surface area contributed by atoms with Gasteiger partial charge in [-0.15, -0.1) is 0 Å². The average Bonchev–Trinajstić information content (AvgIpc) is 2.29. The summed E-state index contributed by atoms with van der Waals surface area (Å²) in [7, 11) is 0. The van der Waals surface area contributed by atoms with Crippen molar-refractivity contribution in [2.24, 2.45) is 0 Å². The molecule has 0 radical (unpaired) electrons. The van der Waals surface area contributed by atoms with Gasteiger partial charge in [-0.25, -0.2) is 0 Å². The molecule has 0 aliphatic carbocycles. The minimum absolute atomic E-state index is 0.881. The summed E-state index contributed by atoms with van der Waals surface area (Å²) in [6.07, 6.45) is 7.58. The summed E-state index contributed by atoms with van der Waals surface area (Å²) in [4.78, 5) is 0. The van der Waals surface area contributed by atoms with Gasteiger partial charge >= 0.3 is 0 Å². The van der Waals surface area contributed by atoms with Crippen LogP contribution in [-0.4, -0.2) is 0 Å². The minimum atomic E-state index is 0.881. The van der Waals surface area contributed by atoms with Crippen molar-refractivity contribution in [2.75, 3.05) is 0 Å². The maximum absolute atomic E-state index is 5.49. The maximum Gasteiger partial charge on any atom is 0.150 e. The van der Waals surface area contributed by atoms with E-state index in [2.05, 4.69) is 17.4 Å². The Morgan fingerprint density at radius 2 is 2.07 bits per heavy atom. The lowest BCUT2D eigenvalue weighted by atomic mass is 10.1. The SMILES string of the molecule is C1=CC2=c3ccccc3=COC2=CN1. The van der Waals surface area contributed by atoms with E-state index in [0.29, 0.717) is 0 Å². The van der Waals surface area contributed by atoms with Gasteiger partial charge in [-0.2, -0.15) is 0 Å². The van der Waals surface area contributed by atoms with Crippen molar-refractivity contribution < 1.29 is 4.74 Å². The Labute approximate surface area is 81.5 Å². The Morgan fingerprint density at radius 3 is 3.07 bits per heavy atom. The maximum atomic E-state index is 5.49. The number of allylic oxidation sites excluding steroid dienone is 1. The Kier molecular flexibility index (Phi) is 1.47. The highest BCUT2D eigenvalue weighted by Crippen LogP contribution is 2.16. The molecule has 1 N–H and O–H groups in total. The molecule has 2 nitrogen and oxygen atoms in total. The third-order valence-electron chi connectivity index (χ3n) is 2.39. The fourth-order valence-electron chi connectivity index (χ4n) is 1.71. The van der Waals surface area contributed by atoms with Crippen molar-refractivity contribution in [3.05, 3.63) is 58.9 Å². The molecule has 2 heteroatoms. The van der Waals surface area contributed by atoms with Gasteiger partial charge in [-0.1, -0.05) is 24.3 Å². The largest absolute Gasteiger partial charge is 0.462 e. The standard InChI is InChI=1S/C12H9NO/c1-2-4-10-9(3-1)8-14-12-7-13-6-5-11(10)12/h1-8,13H. The smallest absolute Gasteiger partial charge is 0.150 e. The molecule has 0 amide bonds. The molecule has 0 fully saturated rings. The third kappa shape index (κ3) is 0.973. The van der Waals surface area contributed by atoms with Gasteiger partial charge < -0.3 is 10.1 Å². The molecule has 0 spiro atoms. The van der Waals surface area contributed by atoms with Crippen molar-refractivity contribution in [1.82, 2.24) is 5.32 Å². The molecule has 14 heavy (non-hydrogen) atoms. The van der Waals surface area contributed by atoms with E-state index in [0.717, 1.165) is 16.6 Å². The third-order valence-corrected chi connectivity index (χ3v) is 2.39. The van der Waals surface area contributed by atoms with Gasteiger partial charge in [0, 0.05) is 23.2 Å². The second-order valence-corrected chi connectivity index (χ2v) is 3.25. The number of hydrogen-bond donors (Lipinski definition) is 1. The van der Waals surface area contributed by atoms with Gasteiger partial charge in [-0.3, -0.25) is 0 Å². The van der Waals surface area contributed by atoms with Gasteiger partial charge in [0.05, 0.1) is 6.26 Å². The molecule has 0 unspecified atom stereocenters. The van der Waals surface area contributed by atoms with Crippen molar-refractivity contribution >= 4 is 11.8 Å². The molecule has 2 aliphatic rings. The van der Waals surface area contributed by atoms with Crippen LogP contribution in [0.5, 0.6) is 0 Å². The summed E-state index contributed by atoms with van der Waals surface area (Å²) in [5.41, 5.74) is 1.14. The molecule has 0 saturated carbocycles. The van der Waals surface area contributed by atoms with E-state index < -0.39 is 0 Å². The zero-order valence-electron chi connectivity index (χ0n) is 7.53. The molecule has 1 aromatic carbocycles. The van der Waals surface area contributed by atoms with Crippen molar-refractivity contribution in [3.63, 3.8) is 0 Å². The first-order valence-corrected chi connectivity index (χ1v) is 4.54. The van der Waals surface area contributed by atoms with Crippen LogP contribution in [0.25, 0.3) is 11.8 Å². The first-order chi connectivity index (χ1) is 6.95. The lowest BCUT2D eigenvalue weighted by molar-refractivity contribution is 0.419. The van der Waals surface area contributed by atoms with Crippen LogP contribution in [0.15, 0.2) is 48.5 Å². The van der Waals surface area contributed by atoms with Crippen LogP contribution < -0.4 is 15.8 Å². The topological polar surface area (TPSA) is 21.3 Å². The van der Waals surface area contributed by atoms with E-state index in [1.807, 2.05) is 30.6 Å². The highest BCUT2D eigenvalue weighted by Gasteiger charge is 2.10. The quantitative estimate of drug-likeness (QED) is 0.634. The molecule has 0 saturated heterocycles. The second-order valence-electron chi connectivity index (χ2n) is 3.25. The number of nitrogens with one attached hydrogen (secondary N) is 1. The number of dihydropyridines is 1. The van der Waals surface area contributed by atoms with E-state index in [1.54, 1.807) is 6.26 Å². The summed E-state index contributed by atoms with van der Waals surface area (Å²) < 4.78 is 5.49. The van der Waals surface area contributed by atoms with E-state index in [1.165, 1.54) is 5.22 Å². The molecular weight excluding hydrogens is 174 g/mol. The van der Waals surface area contributed by atoms with Crippen LogP contribution in [0.3, 0.4) is 0 Å².